The second-order valence-corrected chi connectivity index (χ2v) is 19.0. The number of aliphatic carboxylic acids is 1. The molecule has 29 nitrogen and oxygen atoms in total. The molecule has 0 saturated carbocycles. The van der Waals surface area contributed by atoms with E-state index in [1.165, 1.54) is 78.0 Å². The molecule has 0 saturated heterocycles. The van der Waals surface area contributed by atoms with Crippen LogP contribution >= 0.6 is 0 Å². The minimum atomic E-state index is -0.833. The Bertz CT molecular complexity index is 3810. The maximum Gasteiger partial charge on any atom is 0.373 e. The summed E-state index contributed by atoms with van der Waals surface area (Å²) >= 11 is 0. The first-order valence-electron chi connectivity index (χ1n) is 37.3. The van der Waals surface area contributed by atoms with Crippen LogP contribution in [-0.4, -0.2) is 139 Å². The Morgan fingerprint density at radius 3 is 0.829 bits per heavy atom. The van der Waals surface area contributed by atoms with Gasteiger partial charge < -0.3 is 45.8 Å². The number of carboxylic acids is 1. The highest BCUT2D eigenvalue weighted by atomic mass is 16.6. The number of carbonyl (C=O) groups excluding carboxylic acids is 11. The van der Waals surface area contributed by atoms with Crippen LogP contribution < -0.4 is 5.73 Å². The number of rotatable bonds is 10. The fourth-order valence-corrected chi connectivity index (χ4v) is 7.91. The number of pyridine rings is 5. The molecular weight excluding hydrogens is 1420 g/mol. The van der Waals surface area contributed by atoms with Crippen LogP contribution in [0.25, 0.3) is 55.2 Å². The number of hydrogen-bond donors (Lipinski definition) is 8. The van der Waals surface area contributed by atoms with Crippen molar-refractivity contribution < 1.29 is 72.7 Å². The van der Waals surface area contributed by atoms with Crippen LogP contribution in [0.15, 0.2) is 91.6 Å². The lowest BCUT2D eigenvalue weighted by molar-refractivity contribution is -0.385. The number of nitrogens with one attached hydrogen (secondary N) is 5. The number of aromatic nitrogens is 10. The molecule has 0 aliphatic rings. The molecule has 0 fully saturated rings. The van der Waals surface area contributed by atoms with Gasteiger partial charge in [-0.3, -0.25) is 19.7 Å². The van der Waals surface area contributed by atoms with E-state index in [2.05, 4.69) is 127 Å². The SMILES string of the molecule is CC.CC.CC.CC.CC.CC.CC.CC.CC.CC(=O)Cc1cnc2[nH]c(C)cc2c1.CC(=O)O.CCCc1cnc2[nH]c(C)cc2c1.CCCc1cnc2[nH]c(C)cc2c1.CCN(CC)CC.CCO.Cc1cc2cc(N)cnc2[nH]1.Cc1cc2cc([N+](=O)[O-])cnc2[nH]1.O=C=O.O=C=O.O=C=O.O=C=O.O=C=O. The summed E-state index contributed by atoms with van der Waals surface area (Å²) < 4.78 is 0. The Balaban J connectivity index is -0.0000000973. The largest absolute Gasteiger partial charge is 0.481 e. The highest BCUT2D eigenvalue weighted by molar-refractivity contribution is 5.82. The van der Waals surface area contributed by atoms with E-state index < -0.39 is 10.9 Å². The quantitative estimate of drug-likeness (QED) is 0.0465. The predicted octanol–water partition coefficient (Wildman–Crippen LogP) is 18.6. The van der Waals surface area contributed by atoms with Gasteiger partial charge in [0, 0.05) is 100 Å². The number of ketones is 1. The lowest BCUT2D eigenvalue weighted by Crippen LogP contribution is -2.21. The molecule has 0 bridgehead atoms. The first-order valence-corrected chi connectivity index (χ1v) is 37.3. The van der Waals surface area contributed by atoms with Crippen molar-refractivity contribution in [3.63, 3.8) is 0 Å². The summed E-state index contributed by atoms with van der Waals surface area (Å²) in [6, 6.07) is 20.0. The van der Waals surface area contributed by atoms with Gasteiger partial charge in [0.1, 0.15) is 40.2 Å². The number of aromatic amines is 5. The molecule has 0 atom stereocenters. The molecule has 10 aromatic heterocycles. The molecule has 9 N–H and O–H groups in total. The molecule has 10 aromatic rings. The Labute approximate surface area is 659 Å². The van der Waals surface area contributed by atoms with Gasteiger partial charge >= 0.3 is 30.8 Å². The topological polar surface area (TPSA) is 461 Å². The third-order valence-electron chi connectivity index (χ3n) is 11.3. The number of carbonyl (C=O) groups is 2. The van der Waals surface area contributed by atoms with Gasteiger partial charge in [0.25, 0.3) is 11.7 Å². The zero-order valence-electron chi connectivity index (χ0n) is 72.3. The normalized spacial score (nSPS) is 8.08. The molecular formula is C82H135N13O16. The first kappa shape index (κ1) is 126. The van der Waals surface area contributed by atoms with Crippen molar-refractivity contribution in [1.82, 2.24) is 54.7 Å². The van der Waals surface area contributed by atoms with Crippen molar-refractivity contribution in [1.29, 1.82) is 0 Å². The Morgan fingerprint density at radius 1 is 0.405 bits per heavy atom. The lowest BCUT2D eigenvalue weighted by atomic mass is 10.1. The number of hydrogen-bond acceptors (Lipinski definition) is 22. The van der Waals surface area contributed by atoms with Gasteiger partial charge in [-0.1, -0.05) is 172 Å². The summed E-state index contributed by atoms with van der Waals surface area (Å²) in [5.41, 5.74) is 19.9. The first-order chi connectivity index (χ1) is 53.2. The molecule has 0 aromatic carbocycles. The van der Waals surface area contributed by atoms with Gasteiger partial charge in [0.2, 0.25) is 0 Å². The van der Waals surface area contributed by atoms with Gasteiger partial charge in [0.05, 0.1) is 16.8 Å². The number of nitrogens with two attached hydrogens (primary N) is 1. The lowest BCUT2D eigenvalue weighted by Gasteiger charge is -2.13. The Hall–Kier alpha value is -11.4. The van der Waals surface area contributed by atoms with Crippen LogP contribution in [0.4, 0.5) is 11.4 Å². The highest BCUT2D eigenvalue weighted by Crippen LogP contribution is 2.20. The molecule has 10 heterocycles. The summed E-state index contributed by atoms with van der Waals surface area (Å²) in [7, 11) is 0. The molecule has 0 aliphatic carbocycles. The van der Waals surface area contributed by atoms with Crippen LogP contribution in [0.2, 0.25) is 0 Å². The van der Waals surface area contributed by atoms with Gasteiger partial charge in [-0.25, -0.2) is 24.9 Å². The summed E-state index contributed by atoms with van der Waals surface area (Å²) in [6.45, 7) is 65.1. The average molecular weight is 1560 g/mol. The minimum absolute atomic E-state index is 0.0199. The number of aliphatic hydroxyl groups excluding tert-OH is 1. The van der Waals surface area contributed by atoms with Crippen LogP contribution in [0.1, 0.15) is 238 Å². The third-order valence-corrected chi connectivity index (χ3v) is 11.3. The number of carboxylic acid groups (broad SMARTS) is 1. The Morgan fingerprint density at radius 2 is 0.613 bits per heavy atom. The van der Waals surface area contributed by atoms with Gasteiger partial charge in [0.15, 0.2) is 0 Å². The summed E-state index contributed by atoms with van der Waals surface area (Å²) in [4.78, 5) is 150. The summed E-state index contributed by atoms with van der Waals surface area (Å²) in [6.07, 6.45) is 14.9. The second-order valence-electron chi connectivity index (χ2n) is 19.0. The second kappa shape index (κ2) is 94.7. The summed E-state index contributed by atoms with van der Waals surface area (Å²) in [5, 5.41) is 30.8. The smallest absolute Gasteiger partial charge is 0.373 e. The number of Topliss-reactive ketones (excluding diaryl/α,β-unsaturated/α-hetero) is 1. The Kier molecular flexibility index (Phi) is 108. The number of aliphatic hydroxyl groups is 1. The van der Waals surface area contributed by atoms with E-state index in [9.17, 15) is 14.9 Å². The van der Waals surface area contributed by atoms with Crippen molar-refractivity contribution in [3.05, 3.63) is 147 Å². The number of nitro groups is 1. The molecule has 0 amide bonds. The number of aryl methyl sites for hydroxylation is 7. The number of nitrogen functional groups attached to an aromatic ring is 1. The van der Waals surface area contributed by atoms with Crippen LogP contribution in [-0.2, 0) is 76.8 Å². The molecule has 0 aliphatic heterocycles. The molecule has 10 rings (SSSR count). The maximum atomic E-state index is 10.9. The zero-order chi connectivity index (χ0) is 89.4. The van der Waals surface area contributed by atoms with Crippen molar-refractivity contribution in [2.45, 2.75) is 247 Å². The zero-order valence-corrected chi connectivity index (χ0v) is 72.3. The van der Waals surface area contributed by atoms with E-state index in [0.717, 1.165) is 81.2 Å². The van der Waals surface area contributed by atoms with E-state index in [4.69, 9.17) is 68.7 Å². The monoisotopic (exact) mass is 1560 g/mol. The van der Waals surface area contributed by atoms with Crippen LogP contribution in [0.3, 0.4) is 0 Å². The average Bonchev–Trinajstić information content (AvgIpc) is 1.74. The van der Waals surface area contributed by atoms with Crippen molar-refractivity contribution in [2.75, 3.05) is 32.0 Å². The van der Waals surface area contributed by atoms with Crippen LogP contribution in [0.5, 0.6) is 0 Å². The molecule has 0 radical (unpaired) electrons. The fraction of sp³-hybridized carbons (Fsp3) is 0.488. The van der Waals surface area contributed by atoms with Crippen LogP contribution in [0, 0.1) is 44.7 Å². The standard InChI is InChI=1S/C11H12N2O.2C11H14N2.C8H7N3O2.C8H9N3.C6H15N.C2H4O2.C2H6O.9C2H6.5CO2/c1-7-3-10-5-9(4-8(2)14)6-12-11(10)13-7;2*1-3-4-9-6-10-5-8(2)13-11(10)12-7-9;1-5-2-6-3-7(11(12)13)4-9-8(6)10-5;1-5-2-6-3-7(9)4-10-8(6)11-5;1-4-7(5-2)6-3;1-2(3)4;1-2-3;9*1-2;5*2-1-3/h3,5-6H,4H2,1-2H3,(H,12,13);2*5-7H,3-4H2,1-2H3,(H,12,13);2-4H,1H3,(H,9,10);2-4H,9H2,1H3,(H,10,11);4-6H2,1-3H3;1H3,(H,3,4);3H,2H2,1H3;9*1-2H3;;;;;. The van der Waals surface area contributed by atoms with E-state index in [-0.39, 0.29) is 48.8 Å². The van der Waals surface area contributed by atoms with E-state index >= 15 is 0 Å². The number of fused-ring (bicyclic) bond motifs is 5. The number of H-pyrrole nitrogens is 5. The van der Waals surface area contributed by atoms with E-state index in [1.807, 2.05) is 188 Å². The van der Waals surface area contributed by atoms with Crippen molar-refractivity contribution >= 4 is 109 Å². The molecule has 0 spiro atoms. The number of anilines is 1. The van der Waals surface area contributed by atoms with Gasteiger partial charge in [-0.05, 0) is 152 Å². The predicted molar refractivity (Wildman–Crippen MR) is 444 cm³/mol. The number of nitrogens with zero attached hydrogens (tertiary/aromatic N) is 7. The van der Waals surface area contributed by atoms with E-state index in [1.54, 1.807) is 26.2 Å². The van der Waals surface area contributed by atoms with Gasteiger partial charge in [-0.15, -0.1) is 0 Å². The van der Waals surface area contributed by atoms with Crippen molar-refractivity contribution in [3.8, 4) is 0 Å². The van der Waals surface area contributed by atoms with E-state index in [0.29, 0.717) is 17.8 Å². The molecule has 0 unspecified atom stereocenters. The van der Waals surface area contributed by atoms with Gasteiger partial charge in [-0.2, -0.15) is 47.9 Å². The molecule has 29 heteroatoms. The highest BCUT2D eigenvalue weighted by Gasteiger charge is 2.09. The fourth-order valence-electron chi connectivity index (χ4n) is 7.91. The molecule has 111 heavy (non-hydrogen) atoms. The maximum absolute atomic E-state index is 10.9. The summed E-state index contributed by atoms with van der Waals surface area (Å²) in [5.74, 6) is -0.668. The van der Waals surface area contributed by atoms with Crippen molar-refractivity contribution in [2.24, 2.45) is 0 Å². The third kappa shape index (κ3) is 71.3. The molecule has 624 valence electrons. The minimum Gasteiger partial charge on any atom is -0.481 e.